The van der Waals surface area contributed by atoms with Crippen LogP contribution in [0.5, 0.6) is 0 Å². The first-order chi connectivity index (χ1) is 17.7. The smallest absolute Gasteiger partial charge is 0.416 e. The van der Waals surface area contributed by atoms with Crippen molar-refractivity contribution in [3.63, 3.8) is 0 Å². The molecular formula is C28H27F4N3O2. The van der Waals surface area contributed by atoms with Crippen LogP contribution in [0.1, 0.15) is 30.0 Å². The second-order valence-electron chi connectivity index (χ2n) is 9.36. The Balaban J connectivity index is 1.16. The highest BCUT2D eigenvalue weighted by Gasteiger charge is 2.31. The lowest BCUT2D eigenvalue weighted by atomic mass is 10.1. The van der Waals surface area contributed by atoms with Gasteiger partial charge in [0.2, 0.25) is 0 Å². The number of halogens is 4. The largest absolute Gasteiger partial charge is 0.445 e. The maximum Gasteiger partial charge on any atom is 0.416 e. The molecule has 1 N–H and O–H groups in total. The summed E-state index contributed by atoms with van der Waals surface area (Å²) >= 11 is 0. The number of ether oxygens (including phenoxy) is 1. The van der Waals surface area contributed by atoms with Crippen LogP contribution < -0.4 is 5.32 Å². The van der Waals surface area contributed by atoms with Crippen LogP contribution in [0.15, 0.2) is 60.7 Å². The number of benzene rings is 3. The molecule has 9 heteroatoms. The first kappa shape index (κ1) is 25.1. The average Bonchev–Trinajstić information content (AvgIpc) is 3.43. The maximum atomic E-state index is 14.0. The molecule has 0 aliphatic carbocycles. The number of para-hydroxylation sites is 1. The van der Waals surface area contributed by atoms with Crippen molar-refractivity contribution in [2.45, 2.75) is 45.3 Å². The molecule has 0 radical (unpaired) electrons. The van der Waals surface area contributed by atoms with Crippen molar-refractivity contribution in [2.24, 2.45) is 0 Å². The van der Waals surface area contributed by atoms with Gasteiger partial charge in [-0.1, -0.05) is 30.3 Å². The van der Waals surface area contributed by atoms with E-state index in [1.165, 1.54) is 27.4 Å². The highest BCUT2D eigenvalue weighted by Crippen LogP contribution is 2.31. The summed E-state index contributed by atoms with van der Waals surface area (Å²) in [4.78, 5) is 14.5. The highest BCUT2D eigenvalue weighted by molar-refractivity contribution is 6.08. The summed E-state index contributed by atoms with van der Waals surface area (Å²) in [5, 5.41) is 5.23. The number of nitrogens with one attached hydrogen (secondary N) is 1. The van der Waals surface area contributed by atoms with Crippen molar-refractivity contribution in [1.82, 2.24) is 14.8 Å². The molecule has 0 spiro atoms. The SMILES string of the molecule is CCn1c2ccccc2c2cc(CN3CCC(NC(=O)OCc4ccc(C(F)(F)F)cc4F)C3)ccc21. The van der Waals surface area contributed by atoms with Gasteiger partial charge in [-0.15, -0.1) is 0 Å². The van der Waals surface area contributed by atoms with Crippen LogP contribution in [-0.2, 0) is 30.6 Å². The summed E-state index contributed by atoms with van der Waals surface area (Å²) in [5.74, 6) is -1.06. The highest BCUT2D eigenvalue weighted by atomic mass is 19.4. The fraction of sp³-hybridized carbons (Fsp3) is 0.321. The van der Waals surface area contributed by atoms with Gasteiger partial charge in [-0.3, -0.25) is 4.90 Å². The Morgan fingerprint density at radius 3 is 2.59 bits per heavy atom. The molecule has 1 fully saturated rings. The van der Waals surface area contributed by atoms with E-state index in [9.17, 15) is 22.4 Å². The predicted molar refractivity (Wildman–Crippen MR) is 134 cm³/mol. The number of likely N-dealkylation sites (tertiary alicyclic amines) is 1. The van der Waals surface area contributed by atoms with Gasteiger partial charge in [0.1, 0.15) is 12.4 Å². The molecule has 4 aromatic rings. The third-order valence-electron chi connectivity index (χ3n) is 6.89. The molecule has 37 heavy (non-hydrogen) atoms. The normalized spacial score (nSPS) is 16.5. The van der Waals surface area contributed by atoms with Crippen molar-refractivity contribution < 1.29 is 27.1 Å². The Kier molecular flexibility index (Phi) is 6.81. The van der Waals surface area contributed by atoms with Crippen molar-refractivity contribution in [2.75, 3.05) is 13.1 Å². The third kappa shape index (κ3) is 5.27. The lowest BCUT2D eigenvalue weighted by Crippen LogP contribution is -2.37. The van der Waals surface area contributed by atoms with E-state index >= 15 is 0 Å². The molecule has 2 heterocycles. The van der Waals surface area contributed by atoms with Gasteiger partial charge in [0, 0.05) is 59.6 Å². The number of fused-ring (bicyclic) bond motifs is 3. The molecule has 3 aromatic carbocycles. The molecule has 1 aromatic heterocycles. The molecule has 1 aliphatic rings. The van der Waals surface area contributed by atoms with Crippen LogP contribution in [0.3, 0.4) is 0 Å². The average molecular weight is 514 g/mol. The predicted octanol–water partition coefficient (Wildman–Crippen LogP) is 6.47. The van der Waals surface area contributed by atoms with Gasteiger partial charge in [0.15, 0.2) is 0 Å². The number of carbonyl (C=O) groups excluding carboxylic acids is 1. The van der Waals surface area contributed by atoms with Crippen molar-refractivity contribution >= 4 is 27.9 Å². The fourth-order valence-electron chi connectivity index (χ4n) is 5.08. The van der Waals surface area contributed by atoms with Crippen LogP contribution in [0.25, 0.3) is 21.8 Å². The second kappa shape index (κ2) is 10.0. The number of hydrogen-bond donors (Lipinski definition) is 1. The summed E-state index contributed by atoms with van der Waals surface area (Å²) in [5.41, 5.74) is 2.42. The molecular weight excluding hydrogens is 486 g/mol. The van der Waals surface area contributed by atoms with E-state index in [-0.39, 0.29) is 11.6 Å². The van der Waals surface area contributed by atoms with Crippen LogP contribution in [0.2, 0.25) is 0 Å². The first-order valence-corrected chi connectivity index (χ1v) is 12.2. The summed E-state index contributed by atoms with van der Waals surface area (Å²) in [7, 11) is 0. The standard InChI is InChI=1S/C28H27F4N3O2/c1-2-35-25-6-4-3-5-22(25)23-13-18(7-10-26(23)35)15-34-12-11-21(16-34)33-27(36)37-17-19-8-9-20(14-24(19)29)28(30,31)32/h3-10,13-14,21H,2,11-12,15-17H2,1H3,(H,33,36). The Hall–Kier alpha value is -3.59. The zero-order valence-electron chi connectivity index (χ0n) is 20.3. The van der Waals surface area contributed by atoms with Crippen LogP contribution >= 0.6 is 0 Å². The molecule has 1 amide bonds. The third-order valence-corrected chi connectivity index (χ3v) is 6.89. The molecule has 0 bridgehead atoms. The minimum atomic E-state index is -4.63. The number of aryl methyl sites for hydroxylation is 1. The first-order valence-electron chi connectivity index (χ1n) is 12.2. The molecule has 1 aliphatic heterocycles. The fourth-order valence-corrected chi connectivity index (χ4v) is 5.08. The van der Waals surface area contributed by atoms with Crippen molar-refractivity contribution in [3.8, 4) is 0 Å². The van der Waals surface area contributed by atoms with Crippen molar-refractivity contribution in [1.29, 1.82) is 0 Å². The van der Waals surface area contributed by atoms with E-state index in [2.05, 4.69) is 64.2 Å². The Bertz CT molecular complexity index is 1450. The molecule has 5 rings (SSSR count). The Morgan fingerprint density at radius 2 is 1.84 bits per heavy atom. The van der Waals surface area contributed by atoms with Crippen molar-refractivity contribution in [3.05, 3.63) is 83.2 Å². The number of alkyl halides is 3. The molecule has 1 saturated heterocycles. The number of carbonyl (C=O) groups is 1. The number of hydrogen-bond acceptors (Lipinski definition) is 3. The molecule has 1 atom stereocenters. The monoisotopic (exact) mass is 513 g/mol. The Morgan fingerprint density at radius 1 is 1.05 bits per heavy atom. The van der Waals surface area contributed by atoms with Gasteiger partial charge in [-0.25, -0.2) is 9.18 Å². The lowest BCUT2D eigenvalue weighted by Gasteiger charge is -2.17. The Labute approximate surface area is 211 Å². The van der Waals surface area contributed by atoms with E-state index in [4.69, 9.17) is 4.74 Å². The quantitative estimate of drug-likeness (QED) is 0.301. The lowest BCUT2D eigenvalue weighted by molar-refractivity contribution is -0.137. The number of alkyl carbamates (subject to hydrolysis) is 1. The zero-order chi connectivity index (χ0) is 26.2. The van der Waals surface area contributed by atoms with Gasteiger partial charge >= 0.3 is 12.3 Å². The molecule has 1 unspecified atom stereocenters. The van der Waals surface area contributed by atoms with Gasteiger partial charge < -0.3 is 14.6 Å². The number of aromatic nitrogens is 1. The summed E-state index contributed by atoms with van der Waals surface area (Å²) in [6.45, 7) is 4.77. The van der Waals surface area contributed by atoms with Gasteiger partial charge in [0.05, 0.1) is 5.56 Å². The number of rotatable bonds is 6. The zero-order valence-corrected chi connectivity index (χ0v) is 20.3. The van der Waals surface area contributed by atoms with Crippen LogP contribution in [-0.4, -0.2) is 34.7 Å². The van der Waals surface area contributed by atoms with Gasteiger partial charge in [-0.2, -0.15) is 13.2 Å². The van der Waals surface area contributed by atoms with E-state index < -0.39 is 30.3 Å². The summed E-state index contributed by atoms with van der Waals surface area (Å²) < 4.78 is 59.4. The van der Waals surface area contributed by atoms with E-state index in [0.29, 0.717) is 12.6 Å². The topological polar surface area (TPSA) is 46.5 Å². The summed E-state index contributed by atoms with van der Waals surface area (Å²) in [6.07, 6.45) is -4.62. The molecule has 0 saturated carbocycles. The van der Waals surface area contributed by atoms with E-state index in [1.54, 1.807) is 0 Å². The van der Waals surface area contributed by atoms with Crippen LogP contribution in [0, 0.1) is 5.82 Å². The van der Waals surface area contributed by atoms with Gasteiger partial charge in [0.25, 0.3) is 0 Å². The second-order valence-corrected chi connectivity index (χ2v) is 9.36. The minimum absolute atomic E-state index is 0.115. The maximum absolute atomic E-state index is 14.0. The van der Waals surface area contributed by atoms with Crippen LogP contribution in [0.4, 0.5) is 22.4 Å². The minimum Gasteiger partial charge on any atom is -0.445 e. The van der Waals surface area contributed by atoms with E-state index in [0.717, 1.165) is 38.2 Å². The van der Waals surface area contributed by atoms with Gasteiger partial charge in [-0.05, 0) is 49.2 Å². The van der Waals surface area contributed by atoms with E-state index in [1.807, 2.05) is 0 Å². The molecule has 5 nitrogen and oxygen atoms in total. The number of nitrogens with zero attached hydrogens (tertiary/aromatic N) is 2. The molecule has 194 valence electrons. The number of amides is 1. The summed E-state index contributed by atoms with van der Waals surface area (Å²) in [6, 6.07) is 17.0.